The van der Waals surface area contributed by atoms with E-state index in [1.165, 1.54) is 12.1 Å². The Kier molecular flexibility index (Phi) is 4.62. The van der Waals surface area contributed by atoms with Crippen molar-refractivity contribution in [3.05, 3.63) is 35.4 Å². The summed E-state index contributed by atoms with van der Waals surface area (Å²) in [5.41, 5.74) is 0.917. The Hall–Kier alpha value is -1.92. The van der Waals surface area contributed by atoms with Crippen LogP contribution in [-0.4, -0.2) is 39.8 Å². The maximum absolute atomic E-state index is 11.6. The van der Waals surface area contributed by atoms with E-state index in [4.69, 9.17) is 15.3 Å². The Morgan fingerprint density at radius 3 is 2.18 bits per heavy atom. The van der Waals surface area contributed by atoms with Crippen LogP contribution in [0.4, 0.5) is 0 Å². The van der Waals surface area contributed by atoms with E-state index < -0.39 is 24.5 Å². The molecule has 0 heterocycles. The van der Waals surface area contributed by atoms with Gasteiger partial charge in [0.2, 0.25) is 0 Å². The van der Waals surface area contributed by atoms with Gasteiger partial charge in [-0.3, -0.25) is 4.79 Å². The Morgan fingerprint density at radius 1 is 1.18 bits per heavy atom. The first-order valence-corrected chi connectivity index (χ1v) is 4.92. The van der Waals surface area contributed by atoms with Crippen LogP contribution in [-0.2, 0) is 11.4 Å². The molecule has 6 nitrogen and oxygen atoms in total. The van der Waals surface area contributed by atoms with Crippen molar-refractivity contribution >= 4 is 11.9 Å². The van der Waals surface area contributed by atoms with Crippen molar-refractivity contribution in [1.82, 2.24) is 5.32 Å². The van der Waals surface area contributed by atoms with Gasteiger partial charge in [0, 0.05) is 5.56 Å². The van der Waals surface area contributed by atoms with Crippen molar-refractivity contribution in [2.75, 3.05) is 6.61 Å². The highest BCUT2D eigenvalue weighted by atomic mass is 16.4. The Morgan fingerprint density at radius 2 is 1.76 bits per heavy atom. The molecule has 0 saturated heterocycles. The molecule has 92 valence electrons. The van der Waals surface area contributed by atoms with Crippen molar-refractivity contribution in [2.45, 2.75) is 12.6 Å². The third-order valence-corrected chi connectivity index (χ3v) is 2.18. The van der Waals surface area contributed by atoms with E-state index in [2.05, 4.69) is 5.32 Å². The molecular formula is C11H13NO5. The fourth-order valence-electron chi connectivity index (χ4n) is 1.19. The van der Waals surface area contributed by atoms with Crippen LogP contribution in [0.1, 0.15) is 15.9 Å². The van der Waals surface area contributed by atoms with Crippen LogP contribution in [0, 0.1) is 0 Å². The maximum atomic E-state index is 11.6. The molecule has 0 fully saturated rings. The number of carbonyl (C=O) groups is 2. The van der Waals surface area contributed by atoms with E-state index in [-0.39, 0.29) is 12.2 Å². The number of aliphatic carboxylic acids is 1. The van der Waals surface area contributed by atoms with Gasteiger partial charge in [-0.25, -0.2) is 4.79 Å². The lowest BCUT2D eigenvalue weighted by atomic mass is 10.1. The molecule has 0 saturated carbocycles. The topological polar surface area (TPSA) is 107 Å². The third kappa shape index (κ3) is 3.54. The molecule has 1 unspecified atom stereocenters. The van der Waals surface area contributed by atoms with Crippen molar-refractivity contribution in [3.63, 3.8) is 0 Å². The summed E-state index contributed by atoms with van der Waals surface area (Å²) in [5, 5.41) is 28.4. The third-order valence-electron chi connectivity index (χ3n) is 2.18. The second-order valence-electron chi connectivity index (χ2n) is 3.40. The fraction of sp³-hybridized carbons (Fsp3) is 0.273. The van der Waals surface area contributed by atoms with Gasteiger partial charge in [0.25, 0.3) is 5.91 Å². The molecule has 1 rings (SSSR count). The minimum absolute atomic E-state index is 0.129. The number of hydrogen-bond acceptors (Lipinski definition) is 4. The molecule has 1 atom stereocenters. The summed E-state index contributed by atoms with van der Waals surface area (Å²) in [5.74, 6) is -1.89. The largest absolute Gasteiger partial charge is 0.480 e. The minimum Gasteiger partial charge on any atom is -0.480 e. The molecule has 0 aliphatic heterocycles. The molecule has 17 heavy (non-hydrogen) atoms. The molecule has 1 aromatic rings. The van der Waals surface area contributed by atoms with Gasteiger partial charge in [-0.2, -0.15) is 0 Å². The Balaban J connectivity index is 2.72. The number of nitrogens with one attached hydrogen (secondary N) is 1. The molecule has 0 bridgehead atoms. The van der Waals surface area contributed by atoms with Crippen LogP contribution in [0.25, 0.3) is 0 Å². The van der Waals surface area contributed by atoms with Crippen LogP contribution >= 0.6 is 0 Å². The molecule has 4 N–H and O–H groups in total. The van der Waals surface area contributed by atoms with E-state index >= 15 is 0 Å². The first-order valence-electron chi connectivity index (χ1n) is 4.92. The molecule has 0 aliphatic carbocycles. The van der Waals surface area contributed by atoms with Crippen molar-refractivity contribution in [1.29, 1.82) is 0 Å². The first-order chi connectivity index (χ1) is 8.08. The van der Waals surface area contributed by atoms with Crippen molar-refractivity contribution in [2.24, 2.45) is 0 Å². The maximum Gasteiger partial charge on any atom is 0.328 e. The van der Waals surface area contributed by atoms with E-state index in [1.807, 2.05) is 0 Å². The normalized spacial score (nSPS) is 11.9. The number of aliphatic hydroxyl groups excluding tert-OH is 2. The van der Waals surface area contributed by atoms with Gasteiger partial charge in [-0.1, -0.05) is 12.1 Å². The number of carboxylic acids is 1. The number of aliphatic hydroxyl groups is 2. The smallest absolute Gasteiger partial charge is 0.328 e. The Labute approximate surface area is 97.5 Å². The zero-order valence-electron chi connectivity index (χ0n) is 8.96. The van der Waals surface area contributed by atoms with Crippen LogP contribution < -0.4 is 5.32 Å². The fourth-order valence-corrected chi connectivity index (χ4v) is 1.19. The van der Waals surface area contributed by atoms with E-state index in [9.17, 15) is 9.59 Å². The molecule has 0 spiro atoms. The minimum atomic E-state index is -1.32. The highest BCUT2D eigenvalue weighted by molar-refractivity contribution is 5.96. The molecule has 0 aliphatic rings. The molecule has 0 radical (unpaired) electrons. The SMILES string of the molecule is O=C(NC(CO)C(=O)O)c1ccc(CO)cc1. The molecule has 1 aromatic carbocycles. The lowest BCUT2D eigenvalue weighted by Gasteiger charge is -2.11. The predicted molar refractivity (Wildman–Crippen MR) is 58.3 cm³/mol. The number of amides is 1. The zero-order chi connectivity index (χ0) is 12.8. The summed E-state index contributed by atoms with van der Waals surface area (Å²) < 4.78 is 0. The van der Waals surface area contributed by atoms with Gasteiger partial charge < -0.3 is 20.6 Å². The van der Waals surface area contributed by atoms with E-state index in [0.717, 1.165) is 0 Å². The molecule has 0 aromatic heterocycles. The predicted octanol–water partition coefficient (Wildman–Crippen LogP) is -0.646. The average molecular weight is 239 g/mol. The molecule has 1 amide bonds. The number of hydrogen-bond donors (Lipinski definition) is 4. The summed E-state index contributed by atoms with van der Waals surface area (Å²) in [6, 6.07) is 4.74. The monoisotopic (exact) mass is 239 g/mol. The highest BCUT2D eigenvalue weighted by Gasteiger charge is 2.19. The number of benzene rings is 1. The van der Waals surface area contributed by atoms with Crippen LogP contribution in [0.3, 0.4) is 0 Å². The lowest BCUT2D eigenvalue weighted by Crippen LogP contribution is -2.43. The summed E-state index contributed by atoms with van der Waals surface area (Å²) in [4.78, 5) is 22.2. The van der Waals surface area contributed by atoms with Gasteiger partial charge in [0.1, 0.15) is 0 Å². The second-order valence-corrected chi connectivity index (χ2v) is 3.40. The van der Waals surface area contributed by atoms with Gasteiger partial charge in [0.05, 0.1) is 13.2 Å². The number of carbonyl (C=O) groups excluding carboxylic acids is 1. The molecular weight excluding hydrogens is 226 g/mol. The average Bonchev–Trinajstić information content (AvgIpc) is 2.35. The molecule has 6 heteroatoms. The zero-order valence-corrected chi connectivity index (χ0v) is 8.96. The van der Waals surface area contributed by atoms with Crippen LogP contribution in [0.2, 0.25) is 0 Å². The summed E-state index contributed by atoms with van der Waals surface area (Å²) in [6.07, 6.45) is 0. The second kappa shape index (κ2) is 5.97. The lowest BCUT2D eigenvalue weighted by molar-refractivity contribution is -0.140. The summed E-state index contributed by atoms with van der Waals surface area (Å²) >= 11 is 0. The van der Waals surface area contributed by atoms with E-state index in [0.29, 0.717) is 5.56 Å². The summed E-state index contributed by atoms with van der Waals surface area (Å²) in [6.45, 7) is -0.800. The van der Waals surface area contributed by atoms with Crippen LogP contribution in [0.15, 0.2) is 24.3 Å². The van der Waals surface area contributed by atoms with Crippen LogP contribution in [0.5, 0.6) is 0 Å². The van der Waals surface area contributed by atoms with Gasteiger partial charge in [-0.15, -0.1) is 0 Å². The highest BCUT2D eigenvalue weighted by Crippen LogP contribution is 2.04. The van der Waals surface area contributed by atoms with Crippen molar-refractivity contribution in [3.8, 4) is 0 Å². The first kappa shape index (κ1) is 13.1. The van der Waals surface area contributed by atoms with Gasteiger partial charge >= 0.3 is 5.97 Å². The summed E-state index contributed by atoms with van der Waals surface area (Å²) in [7, 11) is 0. The van der Waals surface area contributed by atoms with E-state index in [1.54, 1.807) is 12.1 Å². The Bertz CT molecular complexity index is 401. The number of carboxylic acid groups (broad SMARTS) is 1. The van der Waals surface area contributed by atoms with Gasteiger partial charge in [-0.05, 0) is 17.7 Å². The van der Waals surface area contributed by atoms with Crippen molar-refractivity contribution < 1.29 is 24.9 Å². The quantitative estimate of drug-likeness (QED) is 0.546. The van der Waals surface area contributed by atoms with Gasteiger partial charge in [0.15, 0.2) is 6.04 Å². The standard InChI is InChI=1S/C11H13NO5/c13-5-7-1-3-8(4-2-7)10(15)12-9(6-14)11(16)17/h1-4,9,13-14H,5-6H2,(H,12,15)(H,16,17). The number of rotatable bonds is 5.